The van der Waals surface area contributed by atoms with Gasteiger partial charge in [-0.2, -0.15) is 0 Å². The van der Waals surface area contributed by atoms with E-state index >= 15 is 0 Å². The Morgan fingerprint density at radius 1 is 0.851 bits per heavy atom. The van der Waals surface area contributed by atoms with Crippen molar-refractivity contribution >= 4 is 33.7 Å². The van der Waals surface area contributed by atoms with Crippen molar-refractivity contribution in [1.29, 1.82) is 5.41 Å². The second kappa shape index (κ2) is 18.7. The molecule has 4 heteroatoms. The lowest BCUT2D eigenvalue weighted by Crippen LogP contribution is -2.42. The highest BCUT2D eigenvalue weighted by Gasteiger charge is 2.46. The van der Waals surface area contributed by atoms with Gasteiger partial charge >= 0.3 is 0 Å². The fourth-order valence-corrected chi connectivity index (χ4v) is 12.5. The minimum atomic E-state index is -2.93. The Bertz CT molecular complexity index is 3370. The van der Waals surface area contributed by atoms with Crippen molar-refractivity contribution in [3.8, 4) is 33.9 Å². The molecule has 0 aliphatic heterocycles. The molecule has 6 atom stereocenters. The summed E-state index contributed by atoms with van der Waals surface area (Å²) in [6.45, 7) is 4.73. The summed E-state index contributed by atoms with van der Waals surface area (Å²) in [6, 6.07) is 22.4. The summed E-state index contributed by atoms with van der Waals surface area (Å²) < 4.78 is 124. The Morgan fingerprint density at radius 3 is 2.37 bits per heavy atom. The molecule has 1 N–H and O–H groups in total. The van der Waals surface area contributed by atoms with Crippen LogP contribution in [0, 0.1) is 66.4 Å². The molecule has 4 nitrogen and oxygen atoms in total. The summed E-state index contributed by atoms with van der Waals surface area (Å²) in [4.78, 5) is 5.03. The van der Waals surface area contributed by atoms with Gasteiger partial charge in [-0.05, 0) is 244 Å². The van der Waals surface area contributed by atoms with Crippen LogP contribution < -0.4 is 4.74 Å². The first kappa shape index (κ1) is 33.3. The largest absolute Gasteiger partial charge is 0.457 e. The van der Waals surface area contributed by atoms with E-state index in [4.69, 9.17) is 36.0 Å². The van der Waals surface area contributed by atoms with Gasteiger partial charge in [-0.15, -0.1) is 0 Å². The molecule has 2 heterocycles. The van der Waals surface area contributed by atoms with Gasteiger partial charge in [0.05, 0.1) is 5.69 Å². The van der Waals surface area contributed by atoms with Crippen LogP contribution in [0.25, 0.3) is 49.9 Å². The number of pyridine rings is 1. The minimum Gasteiger partial charge on any atom is -0.457 e. The molecule has 3 saturated carbocycles. The van der Waals surface area contributed by atoms with Crippen LogP contribution in [-0.4, -0.2) is 11.2 Å². The van der Waals surface area contributed by atoms with Crippen molar-refractivity contribution in [1.82, 2.24) is 4.98 Å². The number of nitrogens with one attached hydrogen (secondary N) is 1. The van der Waals surface area contributed by atoms with Gasteiger partial charge in [0.25, 0.3) is 0 Å². The highest BCUT2D eigenvalue weighted by molar-refractivity contribution is 6.10. The monoisotopic (exact) mass is 906 g/mol. The molecule has 9 rings (SSSR count). The first-order valence-corrected chi connectivity index (χ1v) is 24.5. The van der Waals surface area contributed by atoms with Crippen LogP contribution in [0.1, 0.15) is 171 Å². The van der Waals surface area contributed by atoms with Crippen LogP contribution in [0.5, 0.6) is 11.5 Å². The predicted molar refractivity (Wildman–Crippen MR) is 284 cm³/mol. The van der Waals surface area contributed by atoms with Crippen molar-refractivity contribution in [3.05, 3.63) is 130 Å². The molecule has 0 amide bonds. The third-order valence-electron chi connectivity index (χ3n) is 16.4. The van der Waals surface area contributed by atoms with Crippen molar-refractivity contribution < 1.29 is 27.0 Å². The molecule has 350 valence electrons. The second-order valence-electron chi connectivity index (χ2n) is 21.6. The summed E-state index contributed by atoms with van der Waals surface area (Å²) >= 11 is 0. The number of rotatable bonds is 10. The van der Waals surface area contributed by atoms with Gasteiger partial charge in [0.2, 0.25) is 0 Å². The molecular formula is C63H76N2O2. The van der Waals surface area contributed by atoms with E-state index in [1.807, 2.05) is 6.20 Å². The Kier molecular flexibility index (Phi) is 9.29. The van der Waals surface area contributed by atoms with E-state index in [1.54, 1.807) is 67.6 Å². The topological polar surface area (TPSA) is 59.1 Å². The number of allylic oxidation sites excluding steroid dienone is 4. The average molecular weight is 906 g/mol. The Balaban J connectivity index is 1.13. The Hall–Kier alpha value is -5.22. The molecule has 0 saturated heterocycles. The van der Waals surface area contributed by atoms with E-state index in [2.05, 4.69) is 47.6 Å². The van der Waals surface area contributed by atoms with Crippen LogP contribution in [0.4, 0.5) is 0 Å². The van der Waals surface area contributed by atoms with Gasteiger partial charge < -0.3 is 14.6 Å². The van der Waals surface area contributed by atoms with E-state index < -0.39 is 38.6 Å². The number of aryl methyl sites for hydroxylation is 2. The second-order valence-corrected chi connectivity index (χ2v) is 21.6. The number of hydrogen-bond donors (Lipinski definition) is 1. The Labute approximate surface area is 420 Å². The number of aromatic nitrogens is 1. The van der Waals surface area contributed by atoms with Gasteiger partial charge in [0.1, 0.15) is 22.7 Å². The molecule has 2 aromatic heterocycles. The molecule has 67 heavy (non-hydrogen) atoms. The molecule has 3 fully saturated rings. The zero-order valence-corrected chi connectivity index (χ0v) is 40.5. The summed E-state index contributed by atoms with van der Waals surface area (Å²) in [7, 11) is 0. The number of ether oxygens (including phenoxy) is 1. The maximum absolute atomic E-state index is 9.62. The number of nitrogens with zero attached hydrogens (tertiary/aromatic N) is 1. The van der Waals surface area contributed by atoms with E-state index in [1.165, 1.54) is 30.2 Å². The summed E-state index contributed by atoms with van der Waals surface area (Å²) in [6.07, 6.45) is 14.5. The average Bonchev–Trinajstić information content (AvgIpc) is 3.79. The lowest BCUT2D eigenvalue weighted by atomic mass is 9.53. The van der Waals surface area contributed by atoms with Crippen molar-refractivity contribution in [2.45, 2.75) is 146 Å². The van der Waals surface area contributed by atoms with Gasteiger partial charge in [-0.3, -0.25) is 4.98 Å². The number of benzene rings is 4. The van der Waals surface area contributed by atoms with Gasteiger partial charge in [-0.1, -0.05) is 83.2 Å². The van der Waals surface area contributed by atoms with Gasteiger partial charge in [0.15, 0.2) is 0 Å². The molecule has 3 aliphatic carbocycles. The molecule has 4 aromatic carbocycles. The third kappa shape index (κ3) is 9.49. The van der Waals surface area contributed by atoms with E-state index in [-0.39, 0.29) is 51.0 Å². The third-order valence-corrected chi connectivity index (χ3v) is 16.4. The zero-order valence-electron chi connectivity index (χ0n) is 53.5. The highest BCUT2D eigenvalue weighted by atomic mass is 16.5. The predicted octanol–water partition coefficient (Wildman–Crippen LogP) is 18.6. The maximum atomic E-state index is 9.62. The minimum absolute atomic E-state index is 0.0731. The first-order valence-electron chi connectivity index (χ1n) is 31.0. The van der Waals surface area contributed by atoms with Crippen LogP contribution in [-0.2, 0) is 0 Å². The smallest absolute Gasteiger partial charge is 0.145 e. The first-order chi connectivity index (χ1) is 37.2. The van der Waals surface area contributed by atoms with Crippen molar-refractivity contribution in [2.24, 2.45) is 40.4 Å². The number of hydrogen-bond acceptors (Lipinski definition) is 4. The van der Waals surface area contributed by atoms with E-state index in [0.717, 1.165) is 63.4 Å². The van der Waals surface area contributed by atoms with Gasteiger partial charge in [0, 0.05) is 46.6 Å². The molecule has 0 bridgehead atoms. The number of furan rings is 1. The molecule has 0 radical (unpaired) electrons. The highest BCUT2D eigenvalue weighted by Crippen LogP contribution is 2.57. The molecular weight excluding hydrogens is 817 g/mol. The number of fused-ring (bicyclic) bond motifs is 3. The quantitative estimate of drug-likeness (QED) is 0.110. The fraction of sp³-hybridized carbons (Fsp3) is 0.460. The maximum Gasteiger partial charge on any atom is 0.145 e. The van der Waals surface area contributed by atoms with Crippen LogP contribution in [0.15, 0.2) is 107 Å². The molecule has 3 aliphatic rings. The van der Waals surface area contributed by atoms with E-state index in [0.29, 0.717) is 79.6 Å². The molecule has 6 aromatic rings. The molecule has 0 spiro atoms. The van der Waals surface area contributed by atoms with Crippen LogP contribution >= 0.6 is 0 Å². The normalized spacial score (nSPS) is 29.4. The lowest BCUT2D eigenvalue weighted by molar-refractivity contribution is -0.00567. The van der Waals surface area contributed by atoms with Crippen LogP contribution in [0.2, 0.25) is 0 Å². The summed E-state index contributed by atoms with van der Waals surface area (Å²) in [5.41, 5.74) is 4.85. The fourth-order valence-electron chi connectivity index (χ4n) is 12.5. The van der Waals surface area contributed by atoms with Crippen molar-refractivity contribution in [2.75, 3.05) is 0 Å². The standard InChI is InChI=1S/C63H76N2O2/c1-38-17-19-52-55-32-50(66-59-31-49(40(3)28-39(2)43(6)36-64)30-54(45(59)8)47-15-13-12-14-16-47)33-56(61(55)67-60(52)27-38)58-34-53(44(7)37-65-58)51-23-26-63(11,35-42(51)5)57-20-18-48(29-41(57)4)46-21-24-62(9,10)25-22-46/h12-17,19,27-28,30-34,36-37,41-42,46,48,51,57,64H,18,20-26,29,35H2,1-11H3/b40-28+,43-39-,64-36?/i1D3,2D3,6D3,8D3,46D. The van der Waals surface area contributed by atoms with E-state index in [9.17, 15) is 1.37 Å². The zero-order chi connectivity index (χ0) is 58.3. The summed E-state index contributed by atoms with van der Waals surface area (Å²) in [5.74, 6) is 2.02. The van der Waals surface area contributed by atoms with Crippen molar-refractivity contribution in [3.63, 3.8) is 0 Å². The summed E-state index contributed by atoms with van der Waals surface area (Å²) in [5, 5.41) is 9.10. The van der Waals surface area contributed by atoms with Gasteiger partial charge in [-0.25, -0.2) is 0 Å². The lowest BCUT2D eigenvalue weighted by Gasteiger charge is -2.52. The molecule has 6 unspecified atom stereocenters. The SMILES string of the molecule is [2H]C([2H])([2H])/C(C=N)=C(/C=C(\C)c1cc(Oc2cc(-c3cc(C4CCC(C)(C5CCC(C6([2H])CCC(C)(C)CC6)CC5C)CC4C)c(C)cn3)c3oc4cc(C([2H])([2H])[2H])ccc4c3c2)c(C([2H])([2H])[2H])c(-c2ccccc2)c1)C([2H])([2H])[2H]. The van der Waals surface area contributed by atoms with Crippen LogP contribution in [0.3, 0.4) is 0 Å². The Morgan fingerprint density at radius 2 is 1.66 bits per heavy atom.